The maximum absolute atomic E-state index is 13.3. The molecule has 2 aromatic carbocycles. The van der Waals surface area contributed by atoms with E-state index in [4.69, 9.17) is 9.47 Å². The van der Waals surface area contributed by atoms with Crippen LogP contribution in [0.2, 0.25) is 0 Å². The topological polar surface area (TPSA) is 67.9 Å². The number of carbonyl (C=O) groups excluding carboxylic acids is 2. The average molecular weight is 396 g/mol. The highest BCUT2D eigenvalue weighted by Crippen LogP contribution is 2.42. The van der Waals surface area contributed by atoms with Crippen molar-refractivity contribution in [2.45, 2.75) is 18.4 Å². The molecule has 0 saturated carbocycles. The maximum atomic E-state index is 13.3. The van der Waals surface area contributed by atoms with Crippen molar-refractivity contribution in [1.29, 1.82) is 0 Å². The molecular formula is C23H28N2O4. The van der Waals surface area contributed by atoms with Crippen LogP contribution in [0.5, 0.6) is 0 Å². The maximum Gasteiger partial charge on any atom is 0.254 e. The van der Waals surface area contributed by atoms with E-state index in [0.717, 1.165) is 17.5 Å². The second kappa shape index (κ2) is 10.2. The molecule has 0 unspecified atom stereocenters. The standard InChI is InChI=1S/C23H28N2O4/c1-28-15-8-13-24-22(26)20-18-11-6-7-12-19(18)23(27)25(14-16-29-2)21(20)17-9-4-3-5-10-17/h3-7,9-12,20-21H,8,13-16H2,1-2H3,(H,24,26)/t20-,21-/m0/s1. The minimum Gasteiger partial charge on any atom is -0.385 e. The van der Waals surface area contributed by atoms with Crippen molar-refractivity contribution in [3.05, 3.63) is 71.3 Å². The van der Waals surface area contributed by atoms with Crippen molar-refractivity contribution in [2.75, 3.05) is 40.5 Å². The van der Waals surface area contributed by atoms with Gasteiger partial charge in [0.1, 0.15) is 0 Å². The Balaban J connectivity index is 2.02. The molecule has 154 valence electrons. The highest BCUT2D eigenvalue weighted by Gasteiger charge is 2.43. The summed E-state index contributed by atoms with van der Waals surface area (Å²) in [4.78, 5) is 28.4. The van der Waals surface area contributed by atoms with Gasteiger partial charge in [0.15, 0.2) is 0 Å². The van der Waals surface area contributed by atoms with E-state index in [9.17, 15) is 9.59 Å². The number of methoxy groups -OCH3 is 2. The number of nitrogens with zero attached hydrogens (tertiary/aromatic N) is 1. The molecule has 0 aromatic heterocycles. The molecule has 0 spiro atoms. The third kappa shape index (κ3) is 4.66. The molecule has 0 radical (unpaired) electrons. The lowest BCUT2D eigenvalue weighted by molar-refractivity contribution is -0.124. The summed E-state index contributed by atoms with van der Waals surface area (Å²) in [5.74, 6) is -0.655. The van der Waals surface area contributed by atoms with Crippen LogP contribution in [0.25, 0.3) is 0 Å². The zero-order chi connectivity index (χ0) is 20.6. The molecule has 3 rings (SSSR count). The van der Waals surface area contributed by atoms with Crippen molar-refractivity contribution >= 4 is 11.8 Å². The van der Waals surface area contributed by atoms with Gasteiger partial charge in [-0.3, -0.25) is 9.59 Å². The van der Waals surface area contributed by atoms with Gasteiger partial charge in [-0.2, -0.15) is 0 Å². The van der Waals surface area contributed by atoms with Crippen molar-refractivity contribution < 1.29 is 19.1 Å². The summed E-state index contributed by atoms with van der Waals surface area (Å²) >= 11 is 0. The molecule has 1 N–H and O–H groups in total. The van der Waals surface area contributed by atoms with Gasteiger partial charge in [0.05, 0.1) is 18.6 Å². The van der Waals surface area contributed by atoms with E-state index in [0.29, 0.717) is 31.9 Å². The Kier molecular flexibility index (Phi) is 7.38. The smallest absolute Gasteiger partial charge is 0.254 e. The van der Waals surface area contributed by atoms with Crippen LogP contribution < -0.4 is 5.32 Å². The Morgan fingerprint density at radius 1 is 1.00 bits per heavy atom. The van der Waals surface area contributed by atoms with E-state index in [1.807, 2.05) is 48.5 Å². The zero-order valence-corrected chi connectivity index (χ0v) is 17.0. The molecule has 0 fully saturated rings. The van der Waals surface area contributed by atoms with Gasteiger partial charge in [-0.15, -0.1) is 0 Å². The molecule has 6 heteroatoms. The fourth-order valence-electron chi connectivity index (χ4n) is 3.87. The molecule has 29 heavy (non-hydrogen) atoms. The van der Waals surface area contributed by atoms with Crippen LogP contribution in [0.15, 0.2) is 54.6 Å². The van der Waals surface area contributed by atoms with Crippen LogP contribution in [0.4, 0.5) is 0 Å². The first-order valence-electron chi connectivity index (χ1n) is 9.89. The molecule has 1 heterocycles. The molecule has 1 aliphatic heterocycles. The summed E-state index contributed by atoms with van der Waals surface area (Å²) < 4.78 is 10.3. The molecule has 2 atom stereocenters. The first-order valence-corrected chi connectivity index (χ1v) is 9.89. The predicted octanol–water partition coefficient (Wildman–Crippen LogP) is 2.77. The molecule has 2 aromatic rings. The molecule has 0 aliphatic carbocycles. The van der Waals surface area contributed by atoms with E-state index in [-0.39, 0.29) is 11.8 Å². The summed E-state index contributed by atoms with van der Waals surface area (Å²) in [6, 6.07) is 16.7. The van der Waals surface area contributed by atoms with Gasteiger partial charge in [0.2, 0.25) is 5.91 Å². The summed E-state index contributed by atoms with van der Waals surface area (Å²) in [6.07, 6.45) is 0.735. The number of carbonyl (C=O) groups is 2. The fourth-order valence-corrected chi connectivity index (χ4v) is 3.87. The number of rotatable bonds is 9. The number of benzene rings is 2. The summed E-state index contributed by atoms with van der Waals surface area (Å²) in [7, 11) is 3.25. The second-order valence-corrected chi connectivity index (χ2v) is 7.05. The number of nitrogens with one attached hydrogen (secondary N) is 1. The zero-order valence-electron chi connectivity index (χ0n) is 17.0. The molecule has 0 saturated heterocycles. The molecule has 6 nitrogen and oxygen atoms in total. The Hall–Kier alpha value is -2.70. The van der Waals surface area contributed by atoms with Gasteiger partial charge in [0, 0.05) is 39.5 Å². The van der Waals surface area contributed by atoms with Gasteiger partial charge in [0.25, 0.3) is 5.91 Å². The Bertz CT molecular complexity index is 825. The number of ether oxygens (including phenoxy) is 2. The largest absolute Gasteiger partial charge is 0.385 e. The van der Waals surface area contributed by atoms with Crippen molar-refractivity contribution in [1.82, 2.24) is 10.2 Å². The normalized spacial score (nSPS) is 18.4. The van der Waals surface area contributed by atoms with Gasteiger partial charge >= 0.3 is 0 Å². The van der Waals surface area contributed by atoms with E-state index in [1.165, 1.54) is 0 Å². The average Bonchev–Trinajstić information content (AvgIpc) is 2.76. The van der Waals surface area contributed by atoms with Crippen LogP contribution in [0, 0.1) is 0 Å². The van der Waals surface area contributed by atoms with Crippen LogP contribution >= 0.6 is 0 Å². The van der Waals surface area contributed by atoms with Crippen molar-refractivity contribution in [3.8, 4) is 0 Å². The Labute approximate surface area is 171 Å². The lowest BCUT2D eigenvalue weighted by Crippen LogP contribution is -2.48. The van der Waals surface area contributed by atoms with E-state index >= 15 is 0 Å². The van der Waals surface area contributed by atoms with E-state index in [1.54, 1.807) is 25.2 Å². The lowest BCUT2D eigenvalue weighted by atomic mass is 9.79. The highest BCUT2D eigenvalue weighted by atomic mass is 16.5. The summed E-state index contributed by atoms with van der Waals surface area (Å²) in [6.45, 7) is 1.93. The van der Waals surface area contributed by atoms with Crippen molar-refractivity contribution in [3.63, 3.8) is 0 Å². The third-order valence-electron chi connectivity index (χ3n) is 5.22. The quantitative estimate of drug-likeness (QED) is 0.662. The summed E-state index contributed by atoms with van der Waals surface area (Å²) in [5, 5.41) is 3.03. The first kappa shape index (κ1) is 21.0. The lowest BCUT2D eigenvalue weighted by Gasteiger charge is -2.41. The number of fused-ring (bicyclic) bond motifs is 1. The van der Waals surface area contributed by atoms with Gasteiger partial charge in [-0.05, 0) is 23.6 Å². The minimum absolute atomic E-state index is 0.0741. The second-order valence-electron chi connectivity index (χ2n) is 7.05. The van der Waals surface area contributed by atoms with Crippen LogP contribution in [-0.2, 0) is 14.3 Å². The van der Waals surface area contributed by atoms with Crippen LogP contribution in [0.1, 0.15) is 39.9 Å². The highest BCUT2D eigenvalue weighted by molar-refractivity contribution is 6.01. The fraction of sp³-hybridized carbons (Fsp3) is 0.391. The van der Waals surface area contributed by atoms with Crippen molar-refractivity contribution in [2.24, 2.45) is 0 Å². The minimum atomic E-state index is -0.495. The van der Waals surface area contributed by atoms with E-state index in [2.05, 4.69) is 5.32 Å². The Morgan fingerprint density at radius 2 is 1.69 bits per heavy atom. The number of amides is 2. The van der Waals surface area contributed by atoms with Gasteiger partial charge in [-0.25, -0.2) is 0 Å². The predicted molar refractivity (Wildman–Crippen MR) is 111 cm³/mol. The van der Waals surface area contributed by atoms with Gasteiger partial charge < -0.3 is 19.7 Å². The molecule has 2 amide bonds. The first-order chi connectivity index (χ1) is 14.2. The summed E-state index contributed by atoms with van der Waals surface area (Å²) in [5.41, 5.74) is 2.28. The van der Waals surface area contributed by atoms with Crippen LogP contribution in [0.3, 0.4) is 0 Å². The monoisotopic (exact) mass is 396 g/mol. The SMILES string of the molecule is COCCCNC(=O)[C@H]1c2ccccc2C(=O)N(CCOC)[C@H]1c1ccccc1. The molecule has 0 bridgehead atoms. The Morgan fingerprint density at radius 3 is 2.41 bits per heavy atom. The number of hydrogen-bond donors (Lipinski definition) is 1. The molecule has 1 aliphatic rings. The molecular weight excluding hydrogens is 368 g/mol. The van der Waals surface area contributed by atoms with Gasteiger partial charge in [-0.1, -0.05) is 48.5 Å². The number of hydrogen-bond acceptors (Lipinski definition) is 4. The van der Waals surface area contributed by atoms with E-state index < -0.39 is 12.0 Å². The van der Waals surface area contributed by atoms with Crippen LogP contribution in [-0.4, -0.2) is 57.2 Å². The third-order valence-corrected chi connectivity index (χ3v) is 5.22.